The van der Waals surface area contributed by atoms with Gasteiger partial charge in [-0.25, -0.2) is 0 Å². The van der Waals surface area contributed by atoms with E-state index in [1.165, 1.54) is 12.1 Å². The lowest BCUT2D eigenvalue weighted by atomic mass is 10.1. The molecule has 0 spiro atoms. The third kappa shape index (κ3) is 3.37. The van der Waals surface area contributed by atoms with Crippen LogP contribution in [-0.4, -0.2) is 41.5 Å². The Hall–Kier alpha value is -1.99. The van der Waals surface area contributed by atoms with Crippen molar-refractivity contribution in [2.45, 2.75) is 26.1 Å². The van der Waals surface area contributed by atoms with E-state index >= 15 is 0 Å². The molecule has 21 heavy (non-hydrogen) atoms. The van der Waals surface area contributed by atoms with Gasteiger partial charge in [0.25, 0.3) is 5.69 Å². The van der Waals surface area contributed by atoms with Crippen LogP contribution in [0.2, 0.25) is 0 Å². The fourth-order valence-electron chi connectivity index (χ4n) is 2.47. The molecule has 114 valence electrons. The van der Waals surface area contributed by atoms with Gasteiger partial charge in [-0.1, -0.05) is 12.1 Å². The SMILES string of the molecule is CCOCC(C)N1C(=O)CNC1c1cccc([N+](=O)[O-])c1. The van der Waals surface area contributed by atoms with Crippen molar-refractivity contribution in [3.8, 4) is 0 Å². The summed E-state index contributed by atoms with van der Waals surface area (Å²) in [5.74, 6) is -0.0290. The van der Waals surface area contributed by atoms with Crippen molar-refractivity contribution in [1.29, 1.82) is 0 Å². The van der Waals surface area contributed by atoms with Crippen molar-refractivity contribution in [3.63, 3.8) is 0 Å². The van der Waals surface area contributed by atoms with Crippen LogP contribution in [0.3, 0.4) is 0 Å². The zero-order valence-corrected chi connectivity index (χ0v) is 12.1. The highest BCUT2D eigenvalue weighted by atomic mass is 16.6. The molecule has 1 aromatic carbocycles. The molecule has 1 N–H and O–H groups in total. The summed E-state index contributed by atoms with van der Waals surface area (Å²) in [5.41, 5.74) is 0.726. The summed E-state index contributed by atoms with van der Waals surface area (Å²) in [7, 11) is 0. The Kier molecular flexibility index (Phi) is 4.87. The molecule has 0 saturated carbocycles. The minimum atomic E-state index is -0.436. The second-order valence-electron chi connectivity index (χ2n) is 4.95. The first-order chi connectivity index (χ1) is 10.0. The summed E-state index contributed by atoms with van der Waals surface area (Å²) < 4.78 is 5.37. The van der Waals surface area contributed by atoms with E-state index in [0.717, 1.165) is 0 Å². The van der Waals surface area contributed by atoms with Gasteiger partial charge in [-0.3, -0.25) is 20.2 Å². The van der Waals surface area contributed by atoms with E-state index in [0.29, 0.717) is 18.8 Å². The molecule has 0 aliphatic carbocycles. The average molecular weight is 293 g/mol. The van der Waals surface area contributed by atoms with Crippen LogP contribution < -0.4 is 5.32 Å². The van der Waals surface area contributed by atoms with Gasteiger partial charge in [-0.15, -0.1) is 0 Å². The fourth-order valence-corrected chi connectivity index (χ4v) is 2.47. The smallest absolute Gasteiger partial charge is 0.269 e. The largest absolute Gasteiger partial charge is 0.380 e. The predicted molar refractivity (Wildman–Crippen MR) is 76.6 cm³/mol. The van der Waals surface area contributed by atoms with E-state index in [2.05, 4.69) is 5.32 Å². The number of ether oxygens (including phenoxy) is 1. The number of benzene rings is 1. The molecular weight excluding hydrogens is 274 g/mol. The number of nitro benzene ring substituents is 1. The van der Waals surface area contributed by atoms with Crippen molar-refractivity contribution < 1.29 is 14.5 Å². The molecule has 2 unspecified atom stereocenters. The molecule has 1 amide bonds. The van der Waals surface area contributed by atoms with E-state index in [1.54, 1.807) is 17.0 Å². The Balaban J connectivity index is 2.22. The number of carbonyl (C=O) groups excluding carboxylic acids is 1. The molecule has 0 radical (unpaired) electrons. The number of amides is 1. The Morgan fingerprint density at radius 1 is 1.57 bits per heavy atom. The number of hydrogen-bond acceptors (Lipinski definition) is 5. The van der Waals surface area contributed by atoms with Crippen LogP contribution in [-0.2, 0) is 9.53 Å². The minimum absolute atomic E-state index is 0.0195. The molecule has 1 saturated heterocycles. The minimum Gasteiger partial charge on any atom is -0.380 e. The lowest BCUT2D eigenvalue weighted by molar-refractivity contribution is -0.385. The first kappa shape index (κ1) is 15.4. The van der Waals surface area contributed by atoms with Gasteiger partial charge in [0.2, 0.25) is 5.91 Å². The van der Waals surface area contributed by atoms with Crippen molar-refractivity contribution in [2.75, 3.05) is 19.8 Å². The maximum absolute atomic E-state index is 12.1. The highest BCUT2D eigenvalue weighted by Gasteiger charge is 2.35. The third-order valence-electron chi connectivity index (χ3n) is 3.45. The van der Waals surface area contributed by atoms with Crippen LogP contribution in [0.15, 0.2) is 24.3 Å². The Morgan fingerprint density at radius 3 is 3.00 bits per heavy atom. The second-order valence-corrected chi connectivity index (χ2v) is 4.95. The molecule has 1 fully saturated rings. The lowest BCUT2D eigenvalue weighted by Gasteiger charge is -2.30. The highest BCUT2D eigenvalue weighted by molar-refractivity contribution is 5.81. The van der Waals surface area contributed by atoms with Gasteiger partial charge in [-0.05, 0) is 19.4 Å². The Bertz CT molecular complexity index is 535. The van der Waals surface area contributed by atoms with Crippen LogP contribution in [0.5, 0.6) is 0 Å². The summed E-state index contributed by atoms with van der Waals surface area (Å²) in [4.78, 5) is 24.2. The molecule has 7 nitrogen and oxygen atoms in total. The summed E-state index contributed by atoms with van der Waals surface area (Å²) in [6, 6.07) is 6.24. The van der Waals surface area contributed by atoms with Gasteiger partial charge in [0.05, 0.1) is 24.1 Å². The predicted octanol–water partition coefficient (Wildman–Crippen LogP) is 1.45. The first-order valence-electron chi connectivity index (χ1n) is 6.91. The number of nitro groups is 1. The molecule has 0 aromatic heterocycles. The van der Waals surface area contributed by atoms with Crippen molar-refractivity contribution in [3.05, 3.63) is 39.9 Å². The molecule has 1 aromatic rings. The normalized spacial score (nSPS) is 19.8. The van der Waals surface area contributed by atoms with Crippen molar-refractivity contribution >= 4 is 11.6 Å². The van der Waals surface area contributed by atoms with Gasteiger partial charge in [0.1, 0.15) is 6.17 Å². The molecule has 0 bridgehead atoms. The fraction of sp³-hybridized carbons (Fsp3) is 0.500. The number of nitrogens with one attached hydrogen (secondary N) is 1. The zero-order chi connectivity index (χ0) is 15.4. The van der Waals surface area contributed by atoms with Crippen LogP contribution in [0.1, 0.15) is 25.6 Å². The molecule has 7 heteroatoms. The van der Waals surface area contributed by atoms with Crippen LogP contribution in [0.25, 0.3) is 0 Å². The van der Waals surface area contributed by atoms with E-state index in [9.17, 15) is 14.9 Å². The number of carbonyl (C=O) groups is 1. The van der Waals surface area contributed by atoms with Crippen molar-refractivity contribution in [1.82, 2.24) is 10.2 Å². The maximum atomic E-state index is 12.1. The van der Waals surface area contributed by atoms with E-state index in [4.69, 9.17) is 4.74 Å². The number of rotatable bonds is 6. The first-order valence-corrected chi connectivity index (χ1v) is 6.91. The van der Waals surface area contributed by atoms with Crippen molar-refractivity contribution in [2.24, 2.45) is 0 Å². The van der Waals surface area contributed by atoms with Crippen LogP contribution in [0.4, 0.5) is 5.69 Å². The number of nitrogens with zero attached hydrogens (tertiary/aromatic N) is 2. The maximum Gasteiger partial charge on any atom is 0.269 e. The molecular formula is C14H19N3O4. The Morgan fingerprint density at radius 2 is 2.33 bits per heavy atom. The van der Waals surface area contributed by atoms with Crippen LogP contribution >= 0.6 is 0 Å². The van der Waals surface area contributed by atoms with Gasteiger partial charge >= 0.3 is 0 Å². The quantitative estimate of drug-likeness (QED) is 0.634. The standard InChI is InChI=1S/C14H19N3O4/c1-3-21-9-10(2)16-13(18)8-15-14(16)11-5-4-6-12(7-11)17(19)20/h4-7,10,14-15H,3,8-9H2,1-2H3. The monoisotopic (exact) mass is 293 g/mol. The summed E-state index contributed by atoms with van der Waals surface area (Å²) in [6.45, 7) is 5.06. The van der Waals surface area contributed by atoms with Crippen LogP contribution in [0, 0.1) is 10.1 Å². The molecule has 1 aliphatic rings. The average Bonchev–Trinajstić information content (AvgIpc) is 2.86. The molecule has 2 rings (SSSR count). The summed E-state index contributed by atoms with van der Waals surface area (Å²) in [5, 5.41) is 14.0. The molecule has 2 atom stereocenters. The van der Waals surface area contributed by atoms with E-state index < -0.39 is 4.92 Å². The summed E-state index contributed by atoms with van der Waals surface area (Å²) in [6.07, 6.45) is -0.354. The molecule has 1 heterocycles. The van der Waals surface area contributed by atoms with Gasteiger partial charge < -0.3 is 9.64 Å². The van der Waals surface area contributed by atoms with Gasteiger partial charge in [-0.2, -0.15) is 0 Å². The topological polar surface area (TPSA) is 84.7 Å². The van der Waals surface area contributed by atoms with E-state index in [-0.39, 0.29) is 30.3 Å². The zero-order valence-electron chi connectivity index (χ0n) is 12.1. The molecule has 1 aliphatic heterocycles. The van der Waals surface area contributed by atoms with Gasteiger partial charge in [0, 0.05) is 18.7 Å². The highest BCUT2D eigenvalue weighted by Crippen LogP contribution is 2.27. The number of non-ortho nitro benzene ring substituents is 1. The van der Waals surface area contributed by atoms with E-state index in [1.807, 2.05) is 13.8 Å². The van der Waals surface area contributed by atoms with Gasteiger partial charge in [0.15, 0.2) is 0 Å². The second kappa shape index (κ2) is 6.64. The third-order valence-corrected chi connectivity index (χ3v) is 3.45. The summed E-state index contributed by atoms with van der Waals surface area (Å²) >= 11 is 0. The lowest BCUT2D eigenvalue weighted by Crippen LogP contribution is -2.40. The number of hydrogen-bond donors (Lipinski definition) is 1. The Labute approximate surface area is 123 Å².